The number of hydrogen-bond acceptors (Lipinski definition) is 7. The lowest BCUT2D eigenvalue weighted by Gasteiger charge is -2.19. The molecule has 0 radical (unpaired) electrons. The van der Waals surface area contributed by atoms with Gasteiger partial charge in [-0.25, -0.2) is 9.59 Å². The molecule has 2 aromatic carbocycles. The van der Waals surface area contributed by atoms with E-state index in [1.165, 1.54) is 0 Å². The molecule has 1 saturated carbocycles. The third-order valence-electron chi connectivity index (χ3n) is 5.09. The van der Waals surface area contributed by atoms with Gasteiger partial charge in [0.25, 0.3) is 10.1 Å². The van der Waals surface area contributed by atoms with Crippen molar-refractivity contribution in [2.45, 2.75) is 18.9 Å². The highest BCUT2D eigenvalue weighted by Crippen LogP contribution is 2.35. The molecule has 0 amide bonds. The highest BCUT2D eigenvalue weighted by molar-refractivity contribution is 7.87. The molecule has 0 aromatic heterocycles. The molecule has 0 aliphatic heterocycles. The second kappa shape index (κ2) is 10.7. The molecule has 2 unspecified atom stereocenters. The van der Waals surface area contributed by atoms with Gasteiger partial charge in [-0.2, -0.15) is 8.42 Å². The van der Waals surface area contributed by atoms with Crippen molar-refractivity contribution in [3.63, 3.8) is 0 Å². The van der Waals surface area contributed by atoms with Crippen LogP contribution in [-0.2, 0) is 23.8 Å². The van der Waals surface area contributed by atoms with E-state index in [9.17, 15) is 18.0 Å². The number of carbonyl (C=O) groups is 2. The van der Waals surface area contributed by atoms with Gasteiger partial charge in [-0.1, -0.05) is 36.4 Å². The Morgan fingerprint density at radius 3 is 1.61 bits per heavy atom. The maximum atomic E-state index is 12.3. The van der Waals surface area contributed by atoms with Gasteiger partial charge in [0.1, 0.15) is 5.21 Å². The van der Waals surface area contributed by atoms with Crippen molar-refractivity contribution in [1.29, 1.82) is 0 Å². The van der Waals surface area contributed by atoms with Crippen molar-refractivity contribution in [3.05, 3.63) is 71.8 Å². The Bertz CT molecular complexity index is 916. The zero-order chi connectivity index (χ0) is 22.3. The number of carbonyl (C=O) groups excluding carboxylic acids is 2. The largest absolute Gasteiger partial charge is 0.462 e. The zero-order valence-electron chi connectivity index (χ0n) is 16.7. The number of esters is 2. The van der Waals surface area contributed by atoms with Crippen molar-refractivity contribution >= 4 is 33.7 Å². The Morgan fingerprint density at radius 1 is 0.806 bits per heavy atom. The average Bonchev–Trinajstić information content (AvgIpc) is 3.17. The Morgan fingerprint density at radius 2 is 1.23 bits per heavy atom. The van der Waals surface area contributed by atoms with Crippen LogP contribution in [0.25, 0.3) is 0 Å². The number of halogens is 1. The summed E-state index contributed by atoms with van der Waals surface area (Å²) in [7, 11) is -3.85. The lowest BCUT2D eigenvalue weighted by Crippen LogP contribution is -2.22. The molecule has 31 heavy (non-hydrogen) atoms. The molecule has 2 aromatic rings. The molecule has 3 rings (SSSR count). The highest BCUT2D eigenvalue weighted by Gasteiger charge is 2.38. The summed E-state index contributed by atoms with van der Waals surface area (Å²) in [5, 5.41) is -0.648. The smallest absolute Gasteiger partial charge is 0.338 e. The first-order chi connectivity index (χ1) is 14.9. The van der Waals surface area contributed by atoms with Gasteiger partial charge >= 0.3 is 11.9 Å². The molecule has 0 heterocycles. The van der Waals surface area contributed by atoms with Gasteiger partial charge in [-0.05, 0) is 37.1 Å². The van der Waals surface area contributed by atoms with Crippen LogP contribution in [0.2, 0.25) is 0 Å². The minimum Gasteiger partial charge on any atom is -0.462 e. The first-order valence-electron chi connectivity index (χ1n) is 9.79. The molecule has 0 bridgehead atoms. The third-order valence-corrected chi connectivity index (χ3v) is 6.72. The fourth-order valence-electron chi connectivity index (χ4n) is 3.56. The van der Waals surface area contributed by atoms with E-state index in [1.807, 2.05) is 0 Å². The van der Waals surface area contributed by atoms with Gasteiger partial charge in [-0.15, -0.1) is 11.6 Å². The number of benzene rings is 2. The minimum absolute atomic E-state index is 0.0576. The van der Waals surface area contributed by atoms with Crippen molar-refractivity contribution in [2.75, 3.05) is 18.4 Å². The van der Waals surface area contributed by atoms with Crippen LogP contribution >= 0.6 is 11.6 Å². The van der Waals surface area contributed by atoms with E-state index in [0.29, 0.717) is 24.0 Å². The topological polar surface area (TPSA) is 96.0 Å². The molecule has 1 fully saturated rings. The molecule has 1 aliphatic carbocycles. The highest BCUT2D eigenvalue weighted by atomic mass is 35.5. The quantitative estimate of drug-likeness (QED) is 0.316. The lowest BCUT2D eigenvalue weighted by molar-refractivity contribution is 0.0268. The molecule has 9 heteroatoms. The van der Waals surface area contributed by atoms with E-state index in [1.54, 1.807) is 60.7 Å². The van der Waals surface area contributed by atoms with E-state index in [-0.39, 0.29) is 25.0 Å². The zero-order valence-corrected chi connectivity index (χ0v) is 18.3. The molecular formula is C22H23ClO7S. The van der Waals surface area contributed by atoms with Crippen molar-refractivity contribution < 1.29 is 31.7 Å². The first-order valence-corrected chi connectivity index (χ1v) is 11.9. The first kappa shape index (κ1) is 23.2. The Kier molecular flexibility index (Phi) is 8.06. The summed E-state index contributed by atoms with van der Waals surface area (Å²) in [5.41, 5.74) is 0.843. The predicted octanol–water partition coefficient (Wildman–Crippen LogP) is 3.64. The Hall–Kier alpha value is -2.42. The van der Waals surface area contributed by atoms with E-state index >= 15 is 0 Å². The summed E-state index contributed by atoms with van der Waals surface area (Å²) in [5.74, 6) is -1.41. The predicted molar refractivity (Wildman–Crippen MR) is 114 cm³/mol. The van der Waals surface area contributed by atoms with Crippen LogP contribution in [0.4, 0.5) is 0 Å². The lowest BCUT2D eigenvalue weighted by atomic mass is 9.98. The standard InChI is InChI=1S/C22H23ClO7S/c23-15-31(26,27)30-20-11-18(13-28-21(24)16-7-3-1-4-8-16)19(12-20)14-29-22(25)17-9-5-2-6-10-17/h1-10,18-20H,11-15H2. The van der Waals surface area contributed by atoms with Crippen molar-refractivity contribution in [1.82, 2.24) is 0 Å². The molecule has 7 nitrogen and oxygen atoms in total. The SMILES string of the molecule is O=C(OCC1CC(OS(=O)(=O)CCl)CC1COC(=O)c1ccccc1)c1ccccc1. The van der Waals surface area contributed by atoms with Gasteiger partial charge in [0.05, 0.1) is 30.4 Å². The Labute approximate surface area is 186 Å². The van der Waals surface area contributed by atoms with Crippen molar-refractivity contribution in [3.8, 4) is 0 Å². The van der Waals surface area contributed by atoms with E-state index in [4.69, 9.17) is 25.3 Å². The second-order valence-electron chi connectivity index (χ2n) is 7.31. The normalized spacial score (nSPS) is 20.9. The summed E-state index contributed by atoms with van der Waals surface area (Å²) in [6.45, 7) is 0.115. The number of ether oxygens (including phenoxy) is 2. The molecular weight excluding hydrogens is 444 g/mol. The van der Waals surface area contributed by atoms with Crippen LogP contribution < -0.4 is 0 Å². The maximum absolute atomic E-state index is 12.3. The molecule has 0 saturated heterocycles. The van der Waals surface area contributed by atoms with Gasteiger partial charge in [0, 0.05) is 11.8 Å². The number of alkyl halides is 1. The van der Waals surface area contributed by atoms with E-state index in [0.717, 1.165) is 0 Å². The summed E-state index contributed by atoms with van der Waals surface area (Å²) >= 11 is 5.43. The summed E-state index contributed by atoms with van der Waals surface area (Å²) in [6.07, 6.45) is 0.0573. The van der Waals surface area contributed by atoms with Crippen LogP contribution in [-0.4, -0.2) is 44.9 Å². The van der Waals surface area contributed by atoms with Crippen LogP contribution in [0.5, 0.6) is 0 Å². The van der Waals surface area contributed by atoms with Crippen LogP contribution in [0.3, 0.4) is 0 Å². The summed E-state index contributed by atoms with van der Waals surface area (Å²) in [6, 6.07) is 17.1. The monoisotopic (exact) mass is 466 g/mol. The van der Waals surface area contributed by atoms with Gasteiger partial charge in [0.15, 0.2) is 0 Å². The van der Waals surface area contributed by atoms with E-state index in [2.05, 4.69) is 0 Å². The molecule has 0 N–H and O–H groups in total. The van der Waals surface area contributed by atoms with E-state index < -0.39 is 33.4 Å². The number of rotatable bonds is 9. The molecule has 166 valence electrons. The second-order valence-corrected chi connectivity index (χ2v) is 9.49. The maximum Gasteiger partial charge on any atom is 0.338 e. The minimum atomic E-state index is -3.85. The molecule has 0 spiro atoms. The fourth-order valence-corrected chi connectivity index (χ4v) is 4.33. The van der Waals surface area contributed by atoms with Gasteiger partial charge in [-0.3, -0.25) is 4.18 Å². The summed E-state index contributed by atoms with van der Waals surface area (Å²) in [4.78, 5) is 24.5. The van der Waals surface area contributed by atoms with Gasteiger partial charge < -0.3 is 9.47 Å². The molecule has 2 atom stereocenters. The van der Waals surface area contributed by atoms with Crippen molar-refractivity contribution in [2.24, 2.45) is 11.8 Å². The van der Waals surface area contributed by atoms with Crippen LogP contribution in [0, 0.1) is 11.8 Å². The number of hydrogen-bond donors (Lipinski definition) is 0. The van der Waals surface area contributed by atoms with Gasteiger partial charge in [0.2, 0.25) is 0 Å². The third kappa shape index (κ3) is 6.78. The molecule has 1 aliphatic rings. The average molecular weight is 467 g/mol. The van der Waals surface area contributed by atoms with Crippen LogP contribution in [0.1, 0.15) is 33.6 Å². The summed E-state index contributed by atoms with van der Waals surface area (Å²) < 4.78 is 39.5. The fraction of sp³-hybridized carbons (Fsp3) is 0.364. The van der Waals surface area contributed by atoms with Crippen LogP contribution in [0.15, 0.2) is 60.7 Å². The Balaban J connectivity index is 1.62.